The van der Waals surface area contributed by atoms with Crippen molar-refractivity contribution in [3.05, 3.63) is 0 Å². The first kappa shape index (κ1) is 13.5. The summed E-state index contributed by atoms with van der Waals surface area (Å²) >= 11 is 0. The maximum atomic E-state index is 11.1. The molecule has 16 heavy (non-hydrogen) atoms. The molecule has 0 radical (unpaired) electrons. The Morgan fingerprint density at radius 3 is 2.38 bits per heavy atom. The van der Waals surface area contributed by atoms with E-state index in [1.807, 2.05) is 0 Å². The zero-order valence-electron chi connectivity index (χ0n) is 10.4. The molecule has 1 aliphatic heterocycles. The van der Waals surface area contributed by atoms with Gasteiger partial charge in [-0.15, -0.1) is 0 Å². The summed E-state index contributed by atoms with van der Waals surface area (Å²) in [6.07, 6.45) is 8.13. The third kappa shape index (κ3) is 4.94. The highest BCUT2D eigenvalue weighted by atomic mass is 16.2. The van der Waals surface area contributed by atoms with Gasteiger partial charge in [-0.2, -0.15) is 0 Å². The summed E-state index contributed by atoms with van der Waals surface area (Å²) in [6, 6.07) is 0.496. The highest BCUT2D eigenvalue weighted by Crippen LogP contribution is 2.15. The monoisotopic (exact) mass is 227 g/mol. The lowest BCUT2D eigenvalue weighted by Gasteiger charge is -2.30. The van der Waals surface area contributed by atoms with E-state index in [0.717, 1.165) is 6.42 Å². The highest BCUT2D eigenvalue weighted by molar-refractivity contribution is 5.75. The fraction of sp³-hybridized carbons (Fsp3) is 0.917. The average molecular weight is 227 g/mol. The van der Waals surface area contributed by atoms with Gasteiger partial charge in [0.05, 0.1) is 0 Å². The van der Waals surface area contributed by atoms with E-state index in [2.05, 4.69) is 17.2 Å². The largest absolute Gasteiger partial charge is 0.301 e. The van der Waals surface area contributed by atoms with Crippen LogP contribution in [0.3, 0.4) is 0 Å². The average Bonchev–Trinajstić information content (AvgIpc) is 2.25. The molecular formula is C12H25N3O. The number of hydrogen-bond donors (Lipinski definition) is 2. The van der Waals surface area contributed by atoms with Crippen molar-refractivity contribution >= 4 is 5.91 Å². The summed E-state index contributed by atoms with van der Waals surface area (Å²) in [5.74, 6) is 5.01. The summed E-state index contributed by atoms with van der Waals surface area (Å²) in [5.41, 5.74) is 2.19. The van der Waals surface area contributed by atoms with Gasteiger partial charge in [0.1, 0.15) is 0 Å². The molecule has 0 spiro atoms. The molecule has 0 bridgehead atoms. The van der Waals surface area contributed by atoms with Crippen molar-refractivity contribution in [3.8, 4) is 0 Å². The Labute approximate surface area is 98.5 Å². The third-order valence-electron chi connectivity index (χ3n) is 3.46. The van der Waals surface area contributed by atoms with Gasteiger partial charge in [0.2, 0.25) is 5.91 Å². The fourth-order valence-electron chi connectivity index (χ4n) is 2.31. The van der Waals surface area contributed by atoms with Crippen molar-refractivity contribution in [1.82, 2.24) is 10.3 Å². The van der Waals surface area contributed by atoms with Gasteiger partial charge in [0, 0.05) is 12.5 Å². The van der Waals surface area contributed by atoms with Crippen LogP contribution in [0.25, 0.3) is 0 Å². The normalized spacial score (nSPS) is 20.9. The van der Waals surface area contributed by atoms with Gasteiger partial charge in [0.25, 0.3) is 0 Å². The first-order valence-corrected chi connectivity index (χ1v) is 6.47. The van der Waals surface area contributed by atoms with Gasteiger partial charge in [-0.3, -0.25) is 10.2 Å². The zero-order valence-corrected chi connectivity index (χ0v) is 10.4. The number of nitrogens with one attached hydrogen (secondary N) is 1. The Morgan fingerprint density at radius 2 is 1.81 bits per heavy atom. The van der Waals surface area contributed by atoms with Crippen molar-refractivity contribution in [3.63, 3.8) is 0 Å². The summed E-state index contributed by atoms with van der Waals surface area (Å²) in [7, 11) is 0. The minimum Gasteiger partial charge on any atom is -0.301 e. The van der Waals surface area contributed by atoms with Crippen LogP contribution in [0.5, 0.6) is 0 Å². The lowest BCUT2D eigenvalue weighted by molar-refractivity contribution is -0.121. The van der Waals surface area contributed by atoms with E-state index in [1.54, 1.807) is 0 Å². The molecule has 1 heterocycles. The van der Waals surface area contributed by atoms with Crippen molar-refractivity contribution in [2.75, 3.05) is 13.1 Å². The van der Waals surface area contributed by atoms with Gasteiger partial charge in [-0.1, -0.05) is 19.3 Å². The van der Waals surface area contributed by atoms with E-state index >= 15 is 0 Å². The van der Waals surface area contributed by atoms with Crippen LogP contribution >= 0.6 is 0 Å². The Kier molecular flexibility index (Phi) is 6.42. The fourth-order valence-corrected chi connectivity index (χ4v) is 2.31. The molecule has 1 unspecified atom stereocenters. The van der Waals surface area contributed by atoms with Gasteiger partial charge in [-0.05, 0) is 39.3 Å². The Morgan fingerprint density at radius 1 is 1.25 bits per heavy atom. The van der Waals surface area contributed by atoms with E-state index in [0.29, 0.717) is 12.5 Å². The third-order valence-corrected chi connectivity index (χ3v) is 3.46. The molecule has 0 saturated carbocycles. The summed E-state index contributed by atoms with van der Waals surface area (Å²) < 4.78 is 0. The lowest BCUT2D eigenvalue weighted by Crippen LogP contribution is -2.37. The second-order valence-corrected chi connectivity index (χ2v) is 4.76. The standard InChI is InChI=1S/C12H25N3O/c1-11(7-8-12(16)14-13)15-9-5-3-2-4-6-10-15/h11H,2-10,13H2,1H3,(H,14,16). The molecule has 1 aliphatic rings. The molecule has 1 atom stereocenters. The van der Waals surface area contributed by atoms with E-state index in [1.165, 1.54) is 45.2 Å². The minimum atomic E-state index is -0.0566. The number of hydrazine groups is 1. The van der Waals surface area contributed by atoms with Gasteiger partial charge >= 0.3 is 0 Å². The molecule has 4 heteroatoms. The highest BCUT2D eigenvalue weighted by Gasteiger charge is 2.15. The number of nitrogens with two attached hydrogens (primary N) is 1. The van der Waals surface area contributed by atoms with Gasteiger partial charge in [0.15, 0.2) is 0 Å². The van der Waals surface area contributed by atoms with Crippen molar-refractivity contribution in [2.24, 2.45) is 5.84 Å². The first-order valence-electron chi connectivity index (χ1n) is 6.47. The smallest absolute Gasteiger partial charge is 0.233 e. The summed E-state index contributed by atoms with van der Waals surface area (Å²) in [5, 5.41) is 0. The van der Waals surface area contributed by atoms with E-state index in [-0.39, 0.29) is 5.91 Å². The van der Waals surface area contributed by atoms with Crippen LogP contribution in [0.2, 0.25) is 0 Å². The summed E-state index contributed by atoms with van der Waals surface area (Å²) in [4.78, 5) is 13.6. The van der Waals surface area contributed by atoms with Crippen LogP contribution < -0.4 is 11.3 Å². The molecule has 0 aromatic heterocycles. The number of carbonyl (C=O) groups excluding carboxylic acids is 1. The Hall–Kier alpha value is -0.610. The van der Waals surface area contributed by atoms with Crippen LogP contribution in [0.4, 0.5) is 0 Å². The van der Waals surface area contributed by atoms with Gasteiger partial charge < -0.3 is 4.90 Å². The maximum absolute atomic E-state index is 11.1. The second-order valence-electron chi connectivity index (χ2n) is 4.76. The lowest BCUT2D eigenvalue weighted by atomic mass is 10.1. The second kappa shape index (κ2) is 7.63. The SMILES string of the molecule is CC(CCC(=O)NN)N1CCCCCCC1. The molecule has 1 fully saturated rings. The molecule has 1 saturated heterocycles. The van der Waals surface area contributed by atoms with E-state index in [9.17, 15) is 4.79 Å². The summed E-state index contributed by atoms with van der Waals surface area (Å²) in [6.45, 7) is 4.59. The molecule has 94 valence electrons. The number of rotatable bonds is 4. The minimum absolute atomic E-state index is 0.0566. The van der Waals surface area contributed by atoms with Gasteiger partial charge in [-0.25, -0.2) is 5.84 Å². The predicted molar refractivity (Wildman–Crippen MR) is 65.7 cm³/mol. The van der Waals surface area contributed by atoms with Crippen LogP contribution in [-0.2, 0) is 4.79 Å². The first-order chi connectivity index (χ1) is 7.74. The van der Waals surface area contributed by atoms with Crippen molar-refractivity contribution in [1.29, 1.82) is 0 Å². The number of nitrogens with zero attached hydrogens (tertiary/aromatic N) is 1. The van der Waals surface area contributed by atoms with Crippen LogP contribution in [0.15, 0.2) is 0 Å². The molecule has 4 nitrogen and oxygen atoms in total. The number of likely N-dealkylation sites (tertiary alicyclic amines) is 1. The molecule has 3 N–H and O–H groups in total. The zero-order chi connectivity index (χ0) is 11.8. The number of carbonyl (C=O) groups is 1. The van der Waals surface area contributed by atoms with Crippen LogP contribution in [0, 0.1) is 0 Å². The molecule has 1 rings (SSSR count). The Bertz CT molecular complexity index is 200. The van der Waals surface area contributed by atoms with Crippen LogP contribution in [-0.4, -0.2) is 29.9 Å². The molecule has 0 aromatic carbocycles. The number of amides is 1. The van der Waals surface area contributed by atoms with Crippen molar-refractivity contribution in [2.45, 2.75) is 57.9 Å². The molecule has 1 amide bonds. The van der Waals surface area contributed by atoms with E-state index < -0.39 is 0 Å². The quantitative estimate of drug-likeness (QED) is 0.434. The van der Waals surface area contributed by atoms with Crippen LogP contribution in [0.1, 0.15) is 51.9 Å². The molecular weight excluding hydrogens is 202 g/mol. The predicted octanol–water partition coefficient (Wildman–Crippen LogP) is 1.41. The van der Waals surface area contributed by atoms with Crippen molar-refractivity contribution < 1.29 is 4.79 Å². The van der Waals surface area contributed by atoms with E-state index in [4.69, 9.17) is 5.84 Å². The molecule has 0 aromatic rings. The topological polar surface area (TPSA) is 58.4 Å². The number of hydrogen-bond acceptors (Lipinski definition) is 3. The molecule has 0 aliphatic carbocycles. The Balaban J connectivity index is 2.26. The maximum Gasteiger partial charge on any atom is 0.233 e.